The Labute approximate surface area is 95.7 Å². The summed E-state index contributed by atoms with van der Waals surface area (Å²) in [4.78, 5) is 6.38. The van der Waals surface area contributed by atoms with E-state index in [0.29, 0.717) is 11.1 Å². The molecular formula is C13H15N3. The van der Waals surface area contributed by atoms with Crippen molar-refractivity contribution < 1.29 is 0 Å². The van der Waals surface area contributed by atoms with Crippen molar-refractivity contribution in [3.05, 3.63) is 24.0 Å². The third kappa shape index (κ3) is 1.23. The SMILES string of the molecule is CC1(C)C2CN(c3ccnc(C#N)c3)CC21. The van der Waals surface area contributed by atoms with Gasteiger partial charge < -0.3 is 4.90 Å². The molecule has 0 spiro atoms. The summed E-state index contributed by atoms with van der Waals surface area (Å²) < 4.78 is 0. The predicted molar refractivity (Wildman–Crippen MR) is 61.9 cm³/mol. The molecule has 3 rings (SSSR count). The van der Waals surface area contributed by atoms with Crippen LogP contribution in [0.15, 0.2) is 18.3 Å². The molecule has 0 amide bonds. The highest BCUT2D eigenvalue weighted by Crippen LogP contribution is 2.62. The highest BCUT2D eigenvalue weighted by atomic mass is 15.2. The minimum Gasteiger partial charge on any atom is -0.371 e. The maximum absolute atomic E-state index is 8.82. The van der Waals surface area contributed by atoms with Crippen molar-refractivity contribution >= 4 is 5.69 Å². The van der Waals surface area contributed by atoms with Crippen molar-refractivity contribution in [1.29, 1.82) is 5.26 Å². The molecular weight excluding hydrogens is 198 g/mol. The van der Waals surface area contributed by atoms with Crippen LogP contribution in [0.2, 0.25) is 0 Å². The molecule has 0 aromatic carbocycles. The van der Waals surface area contributed by atoms with Crippen LogP contribution in [0.1, 0.15) is 19.5 Å². The zero-order chi connectivity index (χ0) is 11.3. The maximum Gasteiger partial charge on any atom is 0.142 e. The zero-order valence-corrected chi connectivity index (χ0v) is 9.64. The summed E-state index contributed by atoms with van der Waals surface area (Å²) in [6.07, 6.45) is 1.73. The normalized spacial score (nSPS) is 29.7. The number of hydrogen-bond acceptors (Lipinski definition) is 3. The van der Waals surface area contributed by atoms with Crippen molar-refractivity contribution in [2.75, 3.05) is 18.0 Å². The number of piperidine rings is 1. The first kappa shape index (κ1) is 9.65. The second kappa shape index (κ2) is 2.98. The number of nitrogens with zero attached hydrogens (tertiary/aromatic N) is 3. The van der Waals surface area contributed by atoms with E-state index in [-0.39, 0.29) is 0 Å². The molecule has 3 nitrogen and oxygen atoms in total. The molecule has 1 aromatic heterocycles. The lowest BCUT2D eigenvalue weighted by Crippen LogP contribution is -2.26. The van der Waals surface area contributed by atoms with Gasteiger partial charge in [-0.15, -0.1) is 0 Å². The van der Waals surface area contributed by atoms with Crippen molar-refractivity contribution in [3.8, 4) is 6.07 Å². The molecule has 2 heterocycles. The molecule has 16 heavy (non-hydrogen) atoms. The molecule has 2 aliphatic rings. The Balaban J connectivity index is 1.79. The molecule has 1 aliphatic heterocycles. The fourth-order valence-corrected chi connectivity index (χ4v) is 3.02. The number of anilines is 1. The Morgan fingerprint density at radius 3 is 2.75 bits per heavy atom. The monoisotopic (exact) mass is 213 g/mol. The Kier molecular flexibility index (Phi) is 1.79. The summed E-state index contributed by atoms with van der Waals surface area (Å²) in [6, 6.07) is 5.98. The van der Waals surface area contributed by atoms with Crippen LogP contribution in [-0.4, -0.2) is 18.1 Å². The van der Waals surface area contributed by atoms with E-state index >= 15 is 0 Å². The van der Waals surface area contributed by atoms with Crippen molar-refractivity contribution in [2.24, 2.45) is 17.3 Å². The van der Waals surface area contributed by atoms with Gasteiger partial charge in [0.15, 0.2) is 0 Å². The van der Waals surface area contributed by atoms with Crippen LogP contribution in [-0.2, 0) is 0 Å². The van der Waals surface area contributed by atoms with E-state index in [1.165, 1.54) is 0 Å². The van der Waals surface area contributed by atoms with E-state index in [0.717, 1.165) is 30.6 Å². The summed E-state index contributed by atoms with van der Waals surface area (Å²) in [5.74, 6) is 1.68. The third-order valence-electron chi connectivity index (χ3n) is 4.35. The first-order valence-electron chi connectivity index (χ1n) is 5.74. The summed E-state index contributed by atoms with van der Waals surface area (Å²) in [6.45, 7) is 6.97. The third-order valence-corrected chi connectivity index (χ3v) is 4.35. The first-order valence-corrected chi connectivity index (χ1v) is 5.74. The van der Waals surface area contributed by atoms with E-state index in [1.54, 1.807) is 6.20 Å². The average molecular weight is 213 g/mol. The van der Waals surface area contributed by atoms with Gasteiger partial charge in [-0.3, -0.25) is 0 Å². The van der Waals surface area contributed by atoms with Gasteiger partial charge >= 0.3 is 0 Å². The fourth-order valence-electron chi connectivity index (χ4n) is 3.02. The Morgan fingerprint density at radius 2 is 2.12 bits per heavy atom. The standard InChI is InChI=1S/C13H15N3/c1-13(2)11-7-16(8-12(11)13)10-3-4-15-9(5-10)6-14/h3-5,11-12H,7-8H2,1-2H3. The summed E-state index contributed by atoms with van der Waals surface area (Å²) in [5, 5.41) is 8.82. The van der Waals surface area contributed by atoms with Gasteiger partial charge in [0, 0.05) is 25.0 Å². The molecule has 1 saturated carbocycles. The minimum absolute atomic E-state index is 0.511. The van der Waals surface area contributed by atoms with Gasteiger partial charge in [0.2, 0.25) is 0 Å². The Bertz CT molecular complexity index is 458. The second-order valence-electron chi connectivity index (χ2n) is 5.45. The summed E-state index contributed by atoms with van der Waals surface area (Å²) in [7, 11) is 0. The molecule has 2 atom stereocenters. The highest BCUT2D eigenvalue weighted by Gasteiger charge is 2.61. The van der Waals surface area contributed by atoms with E-state index in [9.17, 15) is 0 Å². The molecule has 1 saturated heterocycles. The Morgan fingerprint density at radius 1 is 1.44 bits per heavy atom. The van der Waals surface area contributed by atoms with Crippen LogP contribution in [0.3, 0.4) is 0 Å². The largest absolute Gasteiger partial charge is 0.371 e. The van der Waals surface area contributed by atoms with Gasteiger partial charge in [-0.1, -0.05) is 13.8 Å². The number of nitriles is 1. The van der Waals surface area contributed by atoms with Gasteiger partial charge in [-0.25, -0.2) is 4.98 Å². The predicted octanol–water partition coefficient (Wildman–Crippen LogP) is 2.05. The van der Waals surface area contributed by atoms with E-state index < -0.39 is 0 Å². The second-order valence-corrected chi connectivity index (χ2v) is 5.45. The molecule has 3 heteroatoms. The van der Waals surface area contributed by atoms with Crippen LogP contribution in [0.4, 0.5) is 5.69 Å². The van der Waals surface area contributed by atoms with E-state index in [2.05, 4.69) is 29.8 Å². The number of hydrogen-bond donors (Lipinski definition) is 0. The molecule has 1 aromatic rings. The van der Waals surface area contributed by atoms with Gasteiger partial charge in [0.05, 0.1) is 0 Å². The minimum atomic E-state index is 0.511. The van der Waals surface area contributed by atoms with Gasteiger partial charge in [0.1, 0.15) is 11.8 Å². The molecule has 2 fully saturated rings. The maximum atomic E-state index is 8.82. The van der Waals surface area contributed by atoms with Crippen LogP contribution < -0.4 is 4.90 Å². The molecule has 0 radical (unpaired) electrons. The smallest absolute Gasteiger partial charge is 0.142 e. The summed E-state index contributed by atoms with van der Waals surface area (Å²) >= 11 is 0. The fraction of sp³-hybridized carbons (Fsp3) is 0.538. The van der Waals surface area contributed by atoms with Gasteiger partial charge in [-0.05, 0) is 29.4 Å². The molecule has 0 bridgehead atoms. The van der Waals surface area contributed by atoms with Crippen molar-refractivity contribution in [1.82, 2.24) is 4.98 Å². The summed E-state index contributed by atoms with van der Waals surface area (Å²) in [5.41, 5.74) is 2.20. The first-order chi connectivity index (χ1) is 7.63. The van der Waals surface area contributed by atoms with Crippen LogP contribution in [0.5, 0.6) is 0 Å². The lowest BCUT2D eigenvalue weighted by atomic mass is 10.1. The van der Waals surface area contributed by atoms with Crippen LogP contribution >= 0.6 is 0 Å². The lowest BCUT2D eigenvalue weighted by molar-refractivity contribution is 0.500. The van der Waals surface area contributed by atoms with E-state index in [4.69, 9.17) is 5.26 Å². The lowest BCUT2D eigenvalue weighted by Gasteiger charge is -2.23. The van der Waals surface area contributed by atoms with Gasteiger partial charge in [-0.2, -0.15) is 5.26 Å². The zero-order valence-electron chi connectivity index (χ0n) is 9.64. The van der Waals surface area contributed by atoms with Crippen LogP contribution in [0.25, 0.3) is 0 Å². The number of pyridine rings is 1. The molecule has 2 unspecified atom stereocenters. The average Bonchev–Trinajstić information content (AvgIpc) is 2.72. The van der Waals surface area contributed by atoms with Crippen LogP contribution in [0, 0.1) is 28.6 Å². The van der Waals surface area contributed by atoms with Crippen molar-refractivity contribution in [2.45, 2.75) is 13.8 Å². The molecule has 1 aliphatic carbocycles. The van der Waals surface area contributed by atoms with Crippen molar-refractivity contribution in [3.63, 3.8) is 0 Å². The molecule has 82 valence electrons. The molecule has 0 N–H and O–H groups in total. The van der Waals surface area contributed by atoms with Gasteiger partial charge in [0.25, 0.3) is 0 Å². The van der Waals surface area contributed by atoms with E-state index in [1.807, 2.05) is 12.1 Å². The number of aromatic nitrogens is 1. The Hall–Kier alpha value is -1.56. The number of fused-ring (bicyclic) bond motifs is 1. The quantitative estimate of drug-likeness (QED) is 0.716. The topological polar surface area (TPSA) is 39.9 Å². The highest BCUT2D eigenvalue weighted by molar-refractivity contribution is 5.51. The number of rotatable bonds is 1.